The van der Waals surface area contributed by atoms with E-state index < -0.39 is 61.7 Å². The van der Waals surface area contributed by atoms with E-state index in [2.05, 4.69) is 9.99 Å². The summed E-state index contributed by atoms with van der Waals surface area (Å²) in [7, 11) is 0. The van der Waals surface area contributed by atoms with Gasteiger partial charge in [0.05, 0.1) is 23.4 Å². The second-order valence-corrected chi connectivity index (χ2v) is 6.86. The number of hydrogen-bond donors (Lipinski definition) is 0. The van der Waals surface area contributed by atoms with Crippen LogP contribution in [0.4, 0.5) is 44.5 Å². The molecule has 0 unspecified atom stereocenters. The van der Waals surface area contributed by atoms with Crippen LogP contribution in [0.15, 0.2) is 22.9 Å². The van der Waals surface area contributed by atoms with Crippen molar-refractivity contribution in [3.8, 4) is 0 Å². The Morgan fingerprint density at radius 2 is 1.52 bits per heavy atom. The molecule has 1 aromatic heterocycles. The molecule has 0 N–H and O–H groups in total. The molecule has 0 bridgehead atoms. The van der Waals surface area contributed by atoms with E-state index in [1.165, 1.54) is 6.07 Å². The van der Waals surface area contributed by atoms with Crippen molar-refractivity contribution in [2.45, 2.75) is 31.4 Å². The topological polar surface area (TPSA) is 41.9 Å². The highest BCUT2D eigenvalue weighted by Gasteiger charge is 2.45. The summed E-state index contributed by atoms with van der Waals surface area (Å²) in [6, 6.07) is 2.33. The van der Waals surface area contributed by atoms with Gasteiger partial charge in [-0.25, -0.2) is 4.79 Å². The molecule has 0 spiro atoms. The minimum Gasteiger partial charge on any atom is -0.363 e. The van der Waals surface area contributed by atoms with Gasteiger partial charge in [0.1, 0.15) is 0 Å². The van der Waals surface area contributed by atoms with Crippen molar-refractivity contribution in [2.24, 2.45) is 5.16 Å². The van der Waals surface area contributed by atoms with Crippen LogP contribution >= 0.6 is 11.3 Å². The van der Waals surface area contributed by atoms with E-state index in [0.717, 1.165) is 17.0 Å². The molecular weight excluding hydrogens is 443 g/mol. The summed E-state index contributed by atoms with van der Waals surface area (Å²) in [6.07, 6.45) is -16.2. The molecule has 29 heavy (non-hydrogen) atoms. The van der Waals surface area contributed by atoms with Crippen LogP contribution in [0, 0.1) is 0 Å². The van der Waals surface area contributed by atoms with Crippen LogP contribution in [0.25, 0.3) is 6.08 Å². The number of nitrogens with zero attached hydrogens (tertiary/aromatic N) is 2. The van der Waals surface area contributed by atoms with Crippen molar-refractivity contribution in [1.82, 2.24) is 0 Å². The average molecular weight is 454 g/mol. The summed E-state index contributed by atoms with van der Waals surface area (Å²) in [6.45, 7) is -1.54. The number of alkyl halides is 9. The highest BCUT2D eigenvalue weighted by molar-refractivity contribution is 7.17. The first-order chi connectivity index (χ1) is 13.2. The molecule has 14 heteroatoms. The number of thiophene rings is 1. The van der Waals surface area contributed by atoms with Gasteiger partial charge in [-0.2, -0.15) is 39.5 Å². The van der Waals surface area contributed by atoms with E-state index >= 15 is 0 Å². The second-order valence-electron chi connectivity index (χ2n) is 5.77. The predicted octanol–water partition coefficient (Wildman–Crippen LogP) is 5.32. The van der Waals surface area contributed by atoms with Gasteiger partial charge >= 0.3 is 24.5 Å². The molecular formula is C15H11F9N2O2S. The lowest BCUT2D eigenvalue weighted by Gasteiger charge is -2.24. The fraction of sp³-hybridized carbons (Fsp3) is 0.467. The lowest BCUT2D eigenvalue weighted by Crippen LogP contribution is -2.31. The van der Waals surface area contributed by atoms with Gasteiger partial charge in [-0.1, -0.05) is 5.16 Å². The molecule has 0 radical (unpaired) electrons. The van der Waals surface area contributed by atoms with E-state index in [1.54, 1.807) is 0 Å². The lowest BCUT2D eigenvalue weighted by molar-refractivity contribution is -0.137. The Morgan fingerprint density at radius 3 is 2.00 bits per heavy atom. The number of anilines is 1. The number of carbonyl (C=O) groups excluding carboxylic acids is 1. The van der Waals surface area contributed by atoms with Crippen molar-refractivity contribution in [3.05, 3.63) is 22.6 Å². The van der Waals surface area contributed by atoms with E-state index in [0.29, 0.717) is 11.3 Å². The minimum atomic E-state index is -4.98. The Balaban J connectivity index is 2.24. The minimum absolute atomic E-state index is 0.00480. The first-order valence-corrected chi connectivity index (χ1v) is 8.54. The molecule has 0 fully saturated rings. The third-order valence-electron chi connectivity index (χ3n) is 3.50. The van der Waals surface area contributed by atoms with Crippen molar-refractivity contribution in [2.75, 3.05) is 18.0 Å². The average Bonchev–Trinajstić information content (AvgIpc) is 3.13. The van der Waals surface area contributed by atoms with Gasteiger partial charge < -0.3 is 9.74 Å². The Hall–Kier alpha value is -2.25. The van der Waals surface area contributed by atoms with Gasteiger partial charge in [-0.3, -0.25) is 0 Å². The van der Waals surface area contributed by atoms with Gasteiger partial charge in [-0.05, 0) is 18.2 Å². The van der Waals surface area contributed by atoms with E-state index in [9.17, 15) is 44.3 Å². The maximum Gasteiger partial charge on any atom is 0.437 e. The molecule has 0 atom stereocenters. The highest BCUT2D eigenvalue weighted by Crippen LogP contribution is 2.34. The Bertz CT molecular complexity index is 788. The molecule has 2 heterocycles. The molecule has 1 aliphatic rings. The first kappa shape index (κ1) is 23.0. The first-order valence-electron chi connectivity index (χ1n) is 7.72. The van der Waals surface area contributed by atoms with Crippen molar-refractivity contribution in [1.29, 1.82) is 0 Å². The number of halogens is 9. The SMILES string of the molecule is O=C1ON=C(C(F)(F)F)C1=Cc1ccc(N(CCC(F)(F)F)CCC(F)(F)F)s1. The van der Waals surface area contributed by atoms with E-state index in [1.807, 2.05) is 0 Å². The van der Waals surface area contributed by atoms with Crippen LogP contribution in [0.2, 0.25) is 0 Å². The van der Waals surface area contributed by atoms with Crippen LogP contribution in [-0.2, 0) is 9.63 Å². The Morgan fingerprint density at radius 1 is 0.966 bits per heavy atom. The summed E-state index contributed by atoms with van der Waals surface area (Å²) >= 11 is 0.628. The maximum absolute atomic E-state index is 12.8. The zero-order valence-corrected chi connectivity index (χ0v) is 14.9. The van der Waals surface area contributed by atoms with Gasteiger partial charge in [0.15, 0.2) is 5.71 Å². The molecule has 2 rings (SSSR count). The van der Waals surface area contributed by atoms with Gasteiger partial charge in [0, 0.05) is 18.0 Å². The van der Waals surface area contributed by atoms with Gasteiger partial charge in [-0.15, -0.1) is 11.3 Å². The standard InChI is InChI=1S/C15H11F9N2O2S/c16-13(17,18)3-5-26(6-4-14(19,20)21)10-2-1-8(29-10)7-9-11(15(22,23)24)25-28-12(9)27/h1-2,7H,3-6H2. The van der Waals surface area contributed by atoms with Gasteiger partial charge in [0.25, 0.3) is 0 Å². The second kappa shape index (κ2) is 8.24. The zero-order valence-electron chi connectivity index (χ0n) is 14.1. The quantitative estimate of drug-likeness (QED) is 0.332. The summed E-state index contributed by atoms with van der Waals surface area (Å²) < 4.78 is 113. The molecule has 0 aliphatic carbocycles. The summed E-state index contributed by atoms with van der Waals surface area (Å²) in [5, 5.41) is 2.61. The van der Waals surface area contributed by atoms with Crippen LogP contribution in [0.3, 0.4) is 0 Å². The molecule has 1 aromatic rings. The Kier molecular flexibility index (Phi) is 6.55. The molecule has 162 valence electrons. The lowest BCUT2D eigenvalue weighted by atomic mass is 10.1. The number of oxime groups is 1. The number of carbonyl (C=O) groups is 1. The van der Waals surface area contributed by atoms with Crippen molar-refractivity contribution < 1.29 is 49.1 Å². The zero-order chi connectivity index (χ0) is 22.0. The number of hydrogen-bond acceptors (Lipinski definition) is 5. The van der Waals surface area contributed by atoms with Crippen LogP contribution in [0.1, 0.15) is 17.7 Å². The smallest absolute Gasteiger partial charge is 0.363 e. The monoisotopic (exact) mass is 454 g/mol. The van der Waals surface area contributed by atoms with E-state index in [-0.39, 0.29) is 9.88 Å². The predicted molar refractivity (Wildman–Crippen MR) is 85.4 cm³/mol. The van der Waals surface area contributed by atoms with Crippen molar-refractivity contribution in [3.63, 3.8) is 0 Å². The van der Waals surface area contributed by atoms with Crippen LogP contribution in [-0.4, -0.2) is 43.3 Å². The summed E-state index contributed by atoms with van der Waals surface area (Å²) in [5.41, 5.74) is -2.49. The third-order valence-corrected chi connectivity index (χ3v) is 4.60. The largest absolute Gasteiger partial charge is 0.437 e. The fourth-order valence-electron chi connectivity index (χ4n) is 2.20. The van der Waals surface area contributed by atoms with Crippen molar-refractivity contribution >= 4 is 34.1 Å². The molecule has 0 saturated carbocycles. The fourth-order valence-corrected chi connectivity index (χ4v) is 3.20. The van der Waals surface area contributed by atoms with Crippen LogP contribution < -0.4 is 4.90 Å². The molecule has 0 saturated heterocycles. The van der Waals surface area contributed by atoms with E-state index in [4.69, 9.17) is 0 Å². The van der Waals surface area contributed by atoms with Gasteiger partial charge in [0.2, 0.25) is 0 Å². The molecule has 1 aliphatic heterocycles. The molecule has 0 amide bonds. The number of rotatable bonds is 6. The molecule has 4 nitrogen and oxygen atoms in total. The van der Waals surface area contributed by atoms with Crippen LogP contribution in [0.5, 0.6) is 0 Å². The Labute approximate surface area is 161 Å². The normalized spacial score (nSPS) is 16.9. The summed E-state index contributed by atoms with van der Waals surface area (Å²) in [4.78, 5) is 16.3. The summed E-state index contributed by atoms with van der Waals surface area (Å²) in [5.74, 6) is -1.38. The maximum atomic E-state index is 12.8. The third kappa shape index (κ3) is 6.94. The molecule has 0 aromatic carbocycles. The highest BCUT2D eigenvalue weighted by atomic mass is 32.1.